The van der Waals surface area contributed by atoms with E-state index in [2.05, 4.69) is 26.3 Å². The van der Waals surface area contributed by atoms with Crippen molar-refractivity contribution in [2.24, 2.45) is 0 Å². The van der Waals surface area contributed by atoms with Crippen molar-refractivity contribution in [2.45, 2.75) is 31.8 Å². The molecular formula is C25H24Cl2N6O. The van der Waals surface area contributed by atoms with Crippen molar-refractivity contribution in [3.63, 3.8) is 0 Å². The summed E-state index contributed by atoms with van der Waals surface area (Å²) < 4.78 is 0. The number of hydrogen-bond acceptors (Lipinski definition) is 5. The number of nitrogens with zero attached hydrogens (tertiary/aromatic N) is 4. The molecule has 3 aromatic heterocycles. The summed E-state index contributed by atoms with van der Waals surface area (Å²) >= 11 is 12.3. The standard InChI is InChI=1S/C25H24Cl2N6O/c26-17-13-28-14-18(27)23(17)25(34)30-11-12-33(15-22-31-19-7-1-2-8-20(19)32-22)21-9-3-5-16-6-4-10-29-24(16)21/h1-2,4,6-8,10,13-14,21H,3,5,9,11-12,15H2,(H,30,34)(H,31,32). The number of fused-ring (bicyclic) bond motifs is 2. The first kappa shape index (κ1) is 22.8. The van der Waals surface area contributed by atoms with Gasteiger partial charge in [0.15, 0.2) is 0 Å². The number of para-hydroxylation sites is 2. The summed E-state index contributed by atoms with van der Waals surface area (Å²) in [7, 11) is 0. The second kappa shape index (κ2) is 10.1. The van der Waals surface area contributed by atoms with Gasteiger partial charge in [-0.3, -0.25) is 19.7 Å². The van der Waals surface area contributed by atoms with Crippen LogP contribution in [-0.4, -0.2) is 43.8 Å². The molecule has 7 nitrogen and oxygen atoms in total. The molecule has 0 spiro atoms. The summed E-state index contributed by atoms with van der Waals surface area (Å²) in [6.07, 6.45) is 7.82. The van der Waals surface area contributed by atoms with E-state index in [-0.39, 0.29) is 27.6 Å². The van der Waals surface area contributed by atoms with E-state index in [1.807, 2.05) is 36.5 Å². The van der Waals surface area contributed by atoms with Gasteiger partial charge in [-0.15, -0.1) is 0 Å². The molecule has 4 aromatic rings. The fraction of sp³-hybridized carbons (Fsp3) is 0.280. The molecule has 0 aliphatic heterocycles. The molecule has 1 atom stereocenters. The van der Waals surface area contributed by atoms with Crippen LogP contribution in [0.3, 0.4) is 0 Å². The molecule has 34 heavy (non-hydrogen) atoms. The van der Waals surface area contributed by atoms with Gasteiger partial charge in [0.1, 0.15) is 5.82 Å². The van der Waals surface area contributed by atoms with Gasteiger partial charge in [-0.05, 0) is 43.0 Å². The third-order valence-corrected chi connectivity index (χ3v) is 6.74. The number of benzene rings is 1. The van der Waals surface area contributed by atoms with E-state index in [1.54, 1.807) is 0 Å². The van der Waals surface area contributed by atoms with Crippen LogP contribution in [0.1, 0.15) is 46.3 Å². The molecule has 5 rings (SSSR count). The minimum atomic E-state index is -0.316. The smallest absolute Gasteiger partial charge is 0.254 e. The Morgan fingerprint density at radius 3 is 2.79 bits per heavy atom. The lowest BCUT2D eigenvalue weighted by Crippen LogP contribution is -2.38. The average molecular weight is 495 g/mol. The van der Waals surface area contributed by atoms with Crippen LogP contribution in [0.15, 0.2) is 55.0 Å². The van der Waals surface area contributed by atoms with Crippen LogP contribution >= 0.6 is 23.2 Å². The number of aryl methyl sites for hydroxylation is 1. The van der Waals surface area contributed by atoms with Crippen LogP contribution in [0.4, 0.5) is 0 Å². The molecule has 3 heterocycles. The minimum absolute atomic E-state index is 0.142. The predicted octanol–water partition coefficient (Wildman–Crippen LogP) is 4.97. The molecule has 1 aliphatic carbocycles. The van der Waals surface area contributed by atoms with Crippen molar-refractivity contribution in [1.82, 2.24) is 30.2 Å². The summed E-state index contributed by atoms with van der Waals surface area (Å²) in [6, 6.07) is 12.3. The second-order valence-corrected chi connectivity index (χ2v) is 9.18. The van der Waals surface area contributed by atoms with Crippen molar-refractivity contribution in [3.8, 4) is 0 Å². The molecule has 1 amide bonds. The molecule has 9 heteroatoms. The molecular weight excluding hydrogens is 471 g/mol. The second-order valence-electron chi connectivity index (χ2n) is 8.36. The zero-order chi connectivity index (χ0) is 23.5. The van der Waals surface area contributed by atoms with E-state index in [4.69, 9.17) is 33.2 Å². The first-order valence-corrected chi connectivity index (χ1v) is 12.0. The number of rotatable bonds is 7. The highest BCUT2D eigenvalue weighted by Crippen LogP contribution is 2.33. The molecule has 0 bridgehead atoms. The van der Waals surface area contributed by atoms with E-state index in [0.717, 1.165) is 41.8 Å². The number of aromatic nitrogens is 4. The Labute approximate surface area is 207 Å². The molecule has 2 N–H and O–H groups in total. The maximum absolute atomic E-state index is 12.8. The third kappa shape index (κ3) is 4.78. The molecule has 0 fully saturated rings. The van der Waals surface area contributed by atoms with Crippen molar-refractivity contribution < 1.29 is 4.79 Å². The highest BCUT2D eigenvalue weighted by atomic mass is 35.5. The Balaban J connectivity index is 1.36. The van der Waals surface area contributed by atoms with Crippen LogP contribution in [0.5, 0.6) is 0 Å². The van der Waals surface area contributed by atoms with Gasteiger partial charge in [0, 0.05) is 31.7 Å². The number of pyridine rings is 2. The van der Waals surface area contributed by atoms with E-state index < -0.39 is 0 Å². The van der Waals surface area contributed by atoms with Crippen molar-refractivity contribution >= 4 is 40.1 Å². The lowest BCUT2D eigenvalue weighted by atomic mass is 9.91. The summed E-state index contributed by atoms with van der Waals surface area (Å²) in [4.78, 5) is 31.9. The number of H-pyrrole nitrogens is 1. The zero-order valence-corrected chi connectivity index (χ0v) is 20.0. The van der Waals surface area contributed by atoms with E-state index in [1.165, 1.54) is 18.0 Å². The Morgan fingerprint density at radius 1 is 1.15 bits per heavy atom. The quantitative estimate of drug-likeness (QED) is 0.378. The van der Waals surface area contributed by atoms with Gasteiger partial charge >= 0.3 is 0 Å². The number of carbonyl (C=O) groups is 1. The number of halogens is 2. The van der Waals surface area contributed by atoms with Crippen LogP contribution in [0.2, 0.25) is 10.0 Å². The summed E-state index contributed by atoms with van der Waals surface area (Å²) in [5.41, 5.74) is 4.58. The minimum Gasteiger partial charge on any atom is -0.351 e. The van der Waals surface area contributed by atoms with Gasteiger partial charge < -0.3 is 10.3 Å². The predicted molar refractivity (Wildman–Crippen MR) is 133 cm³/mol. The van der Waals surface area contributed by atoms with Crippen LogP contribution in [0, 0.1) is 0 Å². The summed E-state index contributed by atoms with van der Waals surface area (Å²) in [5.74, 6) is 0.569. The number of aromatic amines is 1. The molecule has 0 saturated carbocycles. The lowest BCUT2D eigenvalue weighted by molar-refractivity contribution is 0.0938. The fourth-order valence-corrected chi connectivity index (χ4v) is 5.12. The zero-order valence-electron chi connectivity index (χ0n) is 18.5. The maximum atomic E-state index is 12.8. The van der Waals surface area contributed by atoms with Crippen molar-refractivity contribution in [2.75, 3.05) is 13.1 Å². The largest absolute Gasteiger partial charge is 0.351 e. The average Bonchev–Trinajstić information content (AvgIpc) is 3.25. The van der Waals surface area contributed by atoms with E-state index in [0.29, 0.717) is 19.6 Å². The van der Waals surface area contributed by atoms with E-state index in [9.17, 15) is 4.79 Å². The molecule has 0 radical (unpaired) electrons. The van der Waals surface area contributed by atoms with Gasteiger partial charge in [0.05, 0.1) is 44.9 Å². The van der Waals surface area contributed by atoms with Gasteiger partial charge in [0.2, 0.25) is 0 Å². The molecule has 174 valence electrons. The maximum Gasteiger partial charge on any atom is 0.254 e. The van der Waals surface area contributed by atoms with Crippen LogP contribution in [0.25, 0.3) is 11.0 Å². The number of carbonyl (C=O) groups excluding carboxylic acids is 1. The first-order valence-electron chi connectivity index (χ1n) is 11.3. The fourth-order valence-electron chi connectivity index (χ4n) is 4.59. The summed E-state index contributed by atoms with van der Waals surface area (Å²) in [5, 5.41) is 3.42. The molecule has 1 unspecified atom stereocenters. The Hall–Kier alpha value is -3.00. The number of imidazole rings is 1. The van der Waals surface area contributed by atoms with Gasteiger partial charge in [-0.1, -0.05) is 41.4 Å². The third-order valence-electron chi connectivity index (χ3n) is 6.16. The first-order chi connectivity index (χ1) is 16.6. The van der Waals surface area contributed by atoms with Crippen LogP contribution < -0.4 is 5.32 Å². The Kier molecular flexibility index (Phi) is 6.76. The van der Waals surface area contributed by atoms with E-state index >= 15 is 0 Å². The summed E-state index contributed by atoms with van der Waals surface area (Å²) in [6.45, 7) is 1.65. The molecule has 1 aromatic carbocycles. The van der Waals surface area contributed by atoms with Gasteiger partial charge in [0.25, 0.3) is 5.91 Å². The number of hydrogen-bond donors (Lipinski definition) is 2. The molecule has 0 saturated heterocycles. The number of nitrogens with one attached hydrogen (secondary N) is 2. The highest BCUT2D eigenvalue weighted by Gasteiger charge is 2.28. The molecule has 1 aliphatic rings. The van der Waals surface area contributed by atoms with Gasteiger partial charge in [-0.2, -0.15) is 0 Å². The lowest BCUT2D eigenvalue weighted by Gasteiger charge is -2.34. The van der Waals surface area contributed by atoms with Crippen LogP contribution in [-0.2, 0) is 13.0 Å². The number of amides is 1. The topological polar surface area (TPSA) is 86.8 Å². The van der Waals surface area contributed by atoms with Crippen molar-refractivity contribution in [3.05, 3.63) is 87.7 Å². The Bertz CT molecular complexity index is 1270. The highest BCUT2D eigenvalue weighted by molar-refractivity contribution is 6.39. The Morgan fingerprint density at radius 2 is 1.97 bits per heavy atom. The monoisotopic (exact) mass is 494 g/mol. The van der Waals surface area contributed by atoms with Crippen molar-refractivity contribution in [1.29, 1.82) is 0 Å². The SMILES string of the molecule is O=C(NCCN(Cc1nc2ccccc2[nH]1)C1CCCc2cccnc21)c1c(Cl)cncc1Cl. The van der Waals surface area contributed by atoms with Gasteiger partial charge in [-0.25, -0.2) is 4.98 Å². The normalized spacial score (nSPS) is 15.4.